The molecule has 4 fully saturated rings. The Morgan fingerprint density at radius 1 is 0.528 bits per heavy atom. The Kier molecular flexibility index (Phi) is 16.2. The number of carbonyl (C=O) groups is 4. The molecule has 6 aromatic rings. The second-order valence-corrected chi connectivity index (χ2v) is 20.4. The molecule has 4 amide bonds. The van der Waals surface area contributed by atoms with Crippen LogP contribution >= 0.6 is 23.2 Å². The molecule has 4 saturated carbocycles. The number of aromatic amines is 2. The van der Waals surface area contributed by atoms with Gasteiger partial charge in [0.1, 0.15) is 0 Å². The van der Waals surface area contributed by atoms with Gasteiger partial charge >= 0.3 is 0 Å². The summed E-state index contributed by atoms with van der Waals surface area (Å²) >= 11 is 13.0. The van der Waals surface area contributed by atoms with E-state index in [1.165, 1.54) is 12.2 Å². The summed E-state index contributed by atoms with van der Waals surface area (Å²) in [6, 6.07) is 16.7. The van der Waals surface area contributed by atoms with Crippen LogP contribution in [-0.4, -0.2) is 89.8 Å². The largest absolute Gasteiger partial charge is 0.360 e. The summed E-state index contributed by atoms with van der Waals surface area (Å²) < 4.78 is 0. The molecule has 8 N–H and O–H groups in total. The van der Waals surface area contributed by atoms with Gasteiger partial charge < -0.3 is 41.9 Å². The first-order chi connectivity index (χ1) is 35.0. The van der Waals surface area contributed by atoms with E-state index < -0.39 is 0 Å². The number of halogens is 2. The maximum absolute atomic E-state index is 12.9. The zero-order chi connectivity index (χ0) is 50.1. The van der Waals surface area contributed by atoms with Crippen LogP contribution in [0.3, 0.4) is 0 Å². The molecule has 8 atom stereocenters. The first-order valence-electron chi connectivity index (χ1n) is 25.2. The zero-order valence-corrected chi connectivity index (χ0v) is 41.7. The molecular weight excluding hydrogens is 952 g/mol. The number of anilines is 2. The van der Waals surface area contributed by atoms with E-state index in [1.54, 1.807) is 12.4 Å². The highest BCUT2D eigenvalue weighted by Gasteiger charge is 2.34. The van der Waals surface area contributed by atoms with Gasteiger partial charge in [-0.25, -0.2) is 19.9 Å². The molecule has 0 aliphatic heterocycles. The number of amides is 4. The van der Waals surface area contributed by atoms with E-state index in [-0.39, 0.29) is 71.7 Å². The number of hydrogen-bond acceptors (Lipinski definition) is 10. The predicted octanol–water partition coefficient (Wildman–Crippen LogP) is 9.18. The lowest BCUT2D eigenvalue weighted by Gasteiger charge is -2.31. The Balaban J connectivity index is 0.000000178. The molecule has 0 radical (unpaired) electrons. The minimum absolute atomic E-state index is 0.0421. The molecular formula is C54H62Cl2N12O4. The van der Waals surface area contributed by atoms with E-state index in [4.69, 9.17) is 33.2 Å². The first kappa shape index (κ1) is 50.2. The summed E-state index contributed by atoms with van der Waals surface area (Å²) in [7, 11) is 0. The molecule has 10 rings (SSSR count). The van der Waals surface area contributed by atoms with Gasteiger partial charge in [0.15, 0.2) is 0 Å². The zero-order valence-electron chi connectivity index (χ0n) is 40.2. The van der Waals surface area contributed by atoms with Crippen LogP contribution < -0.4 is 31.9 Å². The summed E-state index contributed by atoms with van der Waals surface area (Å²) in [4.78, 5) is 73.8. The van der Waals surface area contributed by atoms with Crippen molar-refractivity contribution in [1.29, 1.82) is 0 Å². The van der Waals surface area contributed by atoms with E-state index in [9.17, 15) is 19.2 Å². The molecule has 0 unspecified atom stereocenters. The molecule has 18 heteroatoms. The molecule has 4 aliphatic rings. The van der Waals surface area contributed by atoms with Crippen molar-refractivity contribution in [3.05, 3.63) is 109 Å². The molecule has 16 nitrogen and oxygen atoms in total. The Morgan fingerprint density at radius 2 is 0.931 bits per heavy atom. The Hall–Kier alpha value is -6.78. The molecule has 0 spiro atoms. The quantitative estimate of drug-likeness (QED) is 0.0483. The van der Waals surface area contributed by atoms with E-state index in [0.717, 1.165) is 110 Å². The first-order valence-corrected chi connectivity index (χ1v) is 25.9. The minimum atomic E-state index is -0.181. The maximum atomic E-state index is 12.9. The number of H-pyrrole nitrogens is 2. The number of fused-ring (bicyclic) bond motifs is 2. The molecule has 2 aromatic carbocycles. The van der Waals surface area contributed by atoms with E-state index in [2.05, 4.69) is 65.0 Å². The van der Waals surface area contributed by atoms with Gasteiger partial charge in [-0.1, -0.05) is 72.8 Å². The summed E-state index contributed by atoms with van der Waals surface area (Å²) in [5, 5.41) is 22.4. The van der Waals surface area contributed by atoms with Gasteiger partial charge in [-0.2, -0.15) is 0 Å². The van der Waals surface area contributed by atoms with Crippen LogP contribution in [-0.2, 0) is 19.2 Å². The monoisotopic (exact) mass is 1010 g/mol. The second kappa shape index (κ2) is 23.2. The van der Waals surface area contributed by atoms with Crippen LogP contribution in [0.2, 0.25) is 10.0 Å². The molecule has 0 bridgehead atoms. The highest BCUT2D eigenvalue weighted by molar-refractivity contribution is 6.33. The van der Waals surface area contributed by atoms with Crippen LogP contribution in [0.25, 0.3) is 44.3 Å². The highest BCUT2D eigenvalue weighted by atomic mass is 35.5. The fourth-order valence-electron chi connectivity index (χ4n) is 10.9. The lowest BCUT2D eigenvalue weighted by atomic mass is 9.90. The molecule has 4 aliphatic carbocycles. The van der Waals surface area contributed by atoms with Crippen LogP contribution in [0.4, 0.5) is 11.9 Å². The summed E-state index contributed by atoms with van der Waals surface area (Å²) in [6.07, 6.45) is 21.7. The van der Waals surface area contributed by atoms with E-state index >= 15 is 0 Å². The van der Waals surface area contributed by atoms with Crippen molar-refractivity contribution in [1.82, 2.24) is 51.2 Å². The topological polar surface area (TPSA) is 224 Å². The normalized spacial score (nSPS) is 23.8. The van der Waals surface area contributed by atoms with Crippen molar-refractivity contribution in [2.45, 2.75) is 126 Å². The second-order valence-electron chi connectivity index (χ2n) is 19.5. The van der Waals surface area contributed by atoms with Crippen LogP contribution in [0.1, 0.15) is 89.9 Å². The van der Waals surface area contributed by atoms with Crippen molar-refractivity contribution < 1.29 is 19.2 Å². The van der Waals surface area contributed by atoms with Crippen molar-refractivity contribution in [3.8, 4) is 22.5 Å². The number of para-hydroxylation sites is 2. The Labute approximate surface area is 428 Å². The van der Waals surface area contributed by atoms with E-state index in [1.807, 2.05) is 60.9 Å². The average molecular weight is 1010 g/mol. The average Bonchev–Trinajstić information content (AvgIpc) is 4.23. The van der Waals surface area contributed by atoms with Crippen molar-refractivity contribution >= 4 is 80.5 Å². The third-order valence-electron chi connectivity index (χ3n) is 14.6. The highest BCUT2D eigenvalue weighted by Crippen LogP contribution is 2.35. The van der Waals surface area contributed by atoms with Crippen LogP contribution in [0.15, 0.2) is 98.6 Å². The lowest BCUT2D eigenvalue weighted by Crippen LogP contribution is -2.44. The lowest BCUT2D eigenvalue weighted by molar-refractivity contribution is -0.126. The minimum Gasteiger partial charge on any atom is -0.360 e. The van der Waals surface area contributed by atoms with E-state index in [0.29, 0.717) is 46.2 Å². The smallest absolute Gasteiger partial charge is 0.243 e. The van der Waals surface area contributed by atoms with Gasteiger partial charge in [0.05, 0.1) is 33.8 Å². The number of nitrogens with one attached hydrogen (secondary N) is 8. The van der Waals surface area contributed by atoms with Crippen molar-refractivity contribution in [3.63, 3.8) is 0 Å². The van der Waals surface area contributed by atoms with Crippen LogP contribution in [0.5, 0.6) is 0 Å². The maximum Gasteiger partial charge on any atom is 0.243 e. The fourth-order valence-corrected chi connectivity index (χ4v) is 11.3. The number of hydrogen-bond donors (Lipinski definition) is 8. The number of carbonyl (C=O) groups excluding carboxylic acids is 4. The number of rotatable bonds is 14. The van der Waals surface area contributed by atoms with Gasteiger partial charge in [0.2, 0.25) is 35.5 Å². The molecule has 4 heterocycles. The Bertz CT molecular complexity index is 2740. The SMILES string of the molecule is C=CC(=O)N[C@@H]1CC[C@H](C(=O)N[C@H]2CCC[C@@H](Nc3ncc(Cl)c(-c4c[nH]c5ccccc45)n3)C2)C1.C=CC(=O)N[C@@H]1CC[C@H](C(=O)N[C@H]2CCC[C@@H](Nc3ncc(Cl)c(-c4c[nH]c5ccccc45)n3)C2)C1. The summed E-state index contributed by atoms with van der Waals surface area (Å²) in [6.45, 7) is 6.98. The number of nitrogens with zero attached hydrogens (tertiary/aromatic N) is 4. The third-order valence-corrected chi connectivity index (χ3v) is 15.1. The van der Waals surface area contributed by atoms with Gasteiger partial charge in [-0.15, -0.1) is 0 Å². The molecule has 4 aromatic heterocycles. The summed E-state index contributed by atoms with van der Waals surface area (Å²) in [5.74, 6) is 0.750. The third kappa shape index (κ3) is 12.3. The van der Waals surface area contributed by atoms with Crippen molar-refractivity contribution in [2.75, 3.05) is 10.6 Å². The molecule has 72 heavy (non-hydrogen) atoms. The fraction of sp³-hybridized carbons (Fsp3) is 0.407. The number of aromatic nitrogens is 6. The summed E-state index contributed by atoms with van der Waals surface area (Å²) in [5.41, 5.74) is 5.31. The van der Waals surface area contributed by atoms with Gasteiger partial charge in [-0.05, 0) is 114 Å². The van der Waals surface area contributed by atoms with Crippen LogP contribution in [0, 0.1) is 11.8 Å². The Morgan fingerprint density at radius 3 is 1.36 bits per heavy atom. The molecule has 376 valence electrons. The molecule has 0 saturated heterocycles. The number of benzene rings is 2. The predicted molar refractivity (Wildman–Crippen MR) is 283 cm³/mol. The van der Waals surface area contributed by atoms with Gasteiger partial charge in [-0.3, -0.25) is 19.2 Å². The standard InChI is InChI=1S/2C27H31ClN6O2/c2*1-2-24(35)31-19-11-10-16(12-19)26(36)32-17-6-5-7-18(13-17)33-27-30-15-22(28)25(34-27)21-14-29-23-9-4-3-8-20(21)23/h2*2-4,8-9,14-19,29H,1,5-7,10-13H2,(H,31,35)(H,32,36)(H,30,33,34)/t2*16-,17-,18+,19+/m00/s1. The van der Waals surface area contributed by atoms with Crippen molar-refractivity contribution in [2.24, 2.45) is 11.8 Å². The van der Waals surface area contributed by atoms with Gasteiger partial charge in [0, 0.05) is 93.4 Å². The van der Waals surface area contributed by atoms with Gasteiger partial charge in [0.25, 0.3) is 0 Å².